The van der Waals surface area contributed by atoms with E-state index in [1.165, 1.54) is 54.9 Å². The topological polar surface area (TPSA) is 32.8 Å². The molecule has 334 valence electrons. The van der Waals surface area contributed by atoms with Crippen molar-refractivity contribution in [3.63, 3.8) is 0 Å². The Morgan fingerprint density at radius 3 is 1.17 bits per heavy atom. The molecule has 0 N–H and O–H groups in total. The molecule has 4 nitrogen and oxygen atoms in total. The largest absolute Gasteiger partial charge is 0.454 e. The van der Waals surface area contributed by atoms with Crippen molar-refractivity contribution in [2.45, 2.75) is 58.8 Å². The number of nitrogens with zero attached hydrogens (tertiary/aromatic N) is 2. The fraction of sp³-hybridized carbons (Fsp3) is 0.138. The molecule has 0 radical (unpaired) electrons. The minimum atomic E-state index is -0.273. The standard InChI is InChI=1S/C65H52N2O2/c1-39(2)41-21-27-45(28-22-41)66(57-17-11-15-55-51-13-7-9-19-59(51)68-63(55)57)47-31-35-49-43(37-47)25-33-53-54-34-26-44-38-48(32-36-50(44)62(54)65(5,6)61(49)53)67(46-29-23-42(24-30-46)40(3)4)58-18-12-16-56-52-14-8-10-20-60(52)69-64(56)58/h7-40H,1-6H3. The van der Waals surface area contributed by atoms with Crippen molar-refractivity contribution >= 4 is 99.5 Å². The molecule has 0 bridgehead atoms. The third kappa shape index (κ3) is 6.35. The summed E-state index contributed by atoms with van der Waals surface area (Å²) in [5, 5.41) is 9.43. The molecule has 0 saturated carbocycles. The summed E-state index contributed by atoms with van der Waals surface area (Å²) in [6.07, 6.45) is 0. The van der Waals surface area contributed by atoms with Gasteiger partial charge in [-0.05, 0) is 140 Å². The Kier molecular flexibility index (Phi) is 9.23. The van der Waals surface area contributed by atoms with E-state index in [4.69, 9.17) is 8.83 Å². The average Bonchev–Trinajstić information content (AvgIpc) is 4.03. The van der Waals surface area contributed by atoms with Crippen LogP contribution in [0.25, 0.3) is 76.5 Å². The minimum Gasteiger partial charge on any atom is -0.454 e. The number of anilines is 6. The Bertz CT molecular complexity index is 3740. The first-order chi connectivity index (χ1) is 33.6. The monoisotopic (exact) mass is 892 g/mol. The van der Waals surface area contributed by atoms with Crippen molar-refractivity contribution in [2.75, 3.05) is 9.80 Å². The Balaban J connectivity index is 0.933. The molecule has 0 spiro atoms. The summed E-state index contributed by atoms with van der Waals surface area (Å²) in [4.78, 5) is 4.73. The summed E-state index contributed by atoms with van der Waals surface area (Å²) in [6, 6.07) is 71.1. The highest BCUT2D eigenvalue weighted by Crippen LogP contribution is 2.55. The van der Waals surface area contributed by atoms with E-state index in [0.717, 1.165) is 78.0 Å². The Labute approximate surface area is 402 Å². The van der Waals surface area contributed by atoms with Gasteiger partial charge in [0.15, 0.2) is 11.2 Å². The van der Waals surface area contributed by atoms with E-state index < -0.39 is 0 Å². The number of benzene rings is 10. The van der Waals surface area contributed by atoms with Crippen LogP contribution < -0.4 is 9.80 Å². The van der Waals surface area contributed by atoms with Crippen LogP contribution in [0.2, 0.25) is 0 Å². The maximum Gasteiger partial charge on any atom is 0.159 e. The molecule has 2 aromatic heterocycles. The molecule has 4 heteroatoms. The van der Waals surface area contributed by atoms with E-state index in [9.17, 15) is 0 Å². The molecule has 13 rings (SSSR count). The van der Waals surface area contributed by atoms with Crippen LogP contribution in [-0.2, 0) is 5.41 Å². The second-order valence-electron chi connectivity index (χ2n) is 20.1. The fourth-order valence-electron chi connectivity index (χ4n) is 11.5. The van der Waals surface area contributed by atoms with Crippen molar-refractivity contribution in [1.82, 2.24) is 0 Å². The molecule has 12 aromatic rings. The van der Waals surface area contributed by atoms with Crippen LogP contribution in [0, 0.1) is 0 Å². The lowest BCUT2D eigenvalue weighted by Gasteiger charge is -2.28. The molecule has 1 aliphatic carbocycles. The molecule has 0 fully saturated rings. The van der Waals surface area contributed by atoms with E-state index in [1.54, 1.807) is 0 Å². The molecule has 69 heavy (non-hydrogen) atoms. The van der Waals surface area contributed by atoms with Crippen LogP contribution in [0.1, 0.15) is 75.6 Å². The smallest absolute Gasteiger partial charge is 0.159 e. The van der Waals surface area contributed by atoms with Gasteiger partial charge in [-0.2, -0.15) is 0 Å². The molecule has 10 aromatic carbocycles. The molecule has 0 atom stereocenters. The van der Waals surface area contributed by atoms with Gasteiger partial charge in [0.25, 0.3) is 0 Å². The molecule has 0 amide bonds. The number of hydrogen-bond acceptors (Lipinski definition) is 4. The Morgan fingerprint density at radius 1 is 0.362 bits per heavy atom. The zero-order chi connectivity index (χ0) is 46.7. The predicted molar refractivity (Wildman–Crippen MR) is 291 cm³/mol. The van der Waals surface area contributed by atoms with Crippen molar-refractivity contribution < 1.29 is 8.83 Å². The zero-order valence-electron chi connectivity index (χ0n) is 39.8. The van der Waals surface area contributed by atoms with Crippen molar-refractivity contribution in [3.05, 3.63) is 216 Å². The maximum atomic E-state index is 6.67. The van der Waals surface area contributed by atoms with Gasteiger partial charge in [-0.15, -0.1) is 0 Å². The summed E-state index contributed by atoms with van der Waals surface area (Å²) in [5.41, 5.74) is 17.6. The third-order valence-corrected chi connectivity index (χ3v) is 14.9. The number of para-hydroxylation sites is 4. The fourth-order valence-corrected chi connectivity index (χ4v) is 11.5. The quantitative estimate of drug-likeness (QED) is 0.152. The van der Waals surface area contributed by atoms with E-state index in [0.29, 0.717) is 11.8 Å². The Hall–Kier alpha value is -8.08. The summed E-state index contributed by atoms with van der Waals surface area (Å²) in [7, 11) is 0. The van der Waals surface area contributed by atoms with Gasteiger partial charge in [-0.3, -0.25) is 0 Å². The number of rotatable bonds is 8. The van der Waals surface area contributed by atoms with Gasteiger partial charge in [0.2, 0.25) is 0 Å². The van der Waals surface area contributed by atoms with Gasteiger partial charge in [-0.25, -0.2) is 0 Å². The van der Waals surface area contributed by atoms with Crippen LogP contribution in [0.4, 0.5) is 34.1 Å². The first-order valence-electron chi connectivity index (χ1n) is 24.4. The number of furan rings is 2. The summed E-state index contributed by atoms with van der Waals surface area (Å²) in [6.45, 7) is 13.8. The Morgan fingerprint density at radius 2 is 0.754 bits per heavy atom. The molecular formula is C65H52N2O2. The first-order valence-corrected chi connectivity index (χ1v) is 24.4. The molecule has 0 aliphatic heterocycles. The van der Waals surface area contributed by atoms with Crippen LogP contribution in [0.15, 0.2) is 203 Å². The van der Waals surface area contributed by atoms with Crippen molar-refractivity contribution in [1.29, 1.82) is 0 Å². The summed E-state index contributed by atoms with van der Waals surface area (Å²) >= 11 is 0. The number of fused-ring (bicyclic) bond motifs is 13. The SMILES string of the molecule is CC(C)c1ccc(N(c2ccc3c4c(ccc3c2)-c2ccc3cc(N(c5ccc(C(C)C)cc5)c5cccc6c5oc5ccccc56)ccc3c2C4(C)C)c2cccc3c2oc2ccccc23)cc1. The summed E-state index contributed by atoms with van der Waals surface area (Å²) in [5.74, 6) is 0.874. The van der Waals surface area contributed by atoms with Crippen LogP contribution in [-0.4, -0.2) is 0 Å². The maximum absolute atomic E-state index is 6.67. The molecule has 1 aliphatic rings. The molecule has 0 unspecified atom stereocenters. The van der Waals surface area contributed by atoms with Crippen LogP contribution in [0.3, 0.4) is 0 Å². The average molecular weight is 893 g/mol. The van der Waals surface area contributed by atoms with E-state index in [-0.39, 0.29) is 5.41 Å². The zero-order valence-corrected chi connectivity index (χ0v) is 39.8. The van der Waals surface area contributed by atoms with Crippen LogP contribution in [0.5, 0.6) is 0 Å². The molecule has 2 heterocycles. The molecular weight excluding hydrogens is 841 g/mol. The van der Waals surface area contributed by atoms with Gasteiger partial charge in [0.05, 0.1) is 11.4 Å². The van der Waals surface area contributed by atoms with E-state index >= 15 is 0 Å². The minimum absolute atomic E-state index is 0.273. The third-order valence-electron chi connectivity index (χ3n) is 14.9. The van der Waals surface area contributed by atoms with Gasteiger partial charge >= 0.3 is 0 Å². The molecule has 0 saturated heterocycles. The second-order valence-corrected chi connectivity index (χ2v) is 20.1. The normalized spacial score (nSPS) is 13.2. The van der Waals surface area contributed by atoms with E-state index in [1.807, 2.05) is 12.1 Å². The second kappa shape index (κ2) is 15.5. The first kappa shape index (κ1) is 41.1. The van der Waals surface area contributed by atoms with Crippen LogP contribution >= 0.6 is 0 Å². The summed E-state index contributed by atoms with van der Waals surface area (Å²) < 4.78 is 13.3. The van der Waals surface area contributed by atoms with Crippen molar-refractivity contribution in [3.8, 4) is 11.1 Å². The van der Waals surface area contributed by atoms with Crippen molar-refractivity contribution in [2.24, 2.45) is 0 Å². The van der Waals surface area contributed by atoms with Gasteiger partial charge in [-0.1, -0.05) is 163 Å². The highest BCUT2D eigenvalue weighted by atomic mass is 16.3. The highest BCUT2D eigenvalue weighted by molar-refractivity contribution is 6.12. The lowest BCUT2D eigenvalue weighted by atomic mass is 9.78. The predicted octanol–water partition coefficient (Wildman–Crippen LogP) is 19.3. The number of hydrogen-bond donors (Lipinski definition) is 0. The van der Waals surface area contributed by atoms with E-state index in [2.05, 4.69) is 233 Å². The van der Waals surface area contributed by atoms with Gasteiger partial charge in [0, 0.05) is 49.7 Å². The van der Waals surface area contributed by atoms with Gasteiger partial charge < -0.3 is 18.6 Å². The van der Waals surface area contributed by atoms with Gasteiger partial charge in [0.1, 0.15) is 11.2 Å². The highest BCUT2D eigenvalue weighted by Gasteiger charge is 2.38. The lowest BCUT2D eigenvalue weighted by molar-refractivity contribution is 0.668. The lowest BCUT2D eigenvalue weighted by Crippen LogP contribution is -2.16.